The molecule has 0 amide bonds. The smallest absolute Gasteiger partial charge is 0.0839 e. The largest absolute Gasteiger partial charge is 0.388 e. The molecule has 0 bridgehead atoms. The van der Waals surface area contributed by atoms with Crippen molar-refractivity contribution in [2.45, 2.75) is 12.5 Å². The van der Waals surface area contributed by atoms with Gasteiger partial charge in [-0.05, 0) is 18.1 Å². The van der Waals surface area contributed by atoms with Crippen LogP contribution in [0.5, 0.6) is 0 Å². The summed E-state index contributed by atoms with van der Waals surface area (Å²) in [5.41, 5.74) is 0.840. The van der Waals surface area contributed by atoms with Gasteiger partial charge in [-0.2, -0.15) is 0 Å². The van der Waals surface area contributed by atoms with Crippen molar-refractivity contribution < 1.29 is 5.11 Å². The zero-order chi connectivity index (χ0) is 8.10. The minimum Gasteiger partial charge on any atom is -0.388 e. The molecular formula is C9H11NO. The maximum atomic E-state index is 9.41. The summed E-state index contributed by atoms with van der Waals surface area (Å²) < 4.78 is 0. The molecule has 2 nitrogen and oxygen atoms in total. The maximum Gasteiger partial charge on any atom is 0.0839 e. The Morgan fingerprint density at radius 2 is 2.55 bits per heavy atom. The molecule has 1 unspecified atom stereocenters. The van der Waals surface area contributed by atoms with Crippen molar-refractivity contribution in [3.8, 4) is 0 Å². The Labute approximate surface area is 66.2 Å². The number of aliphatic hydroxyl groups is 1. The molecule has 0 aliphatic carbocycles. The van der Waals surface area contributed by atoms with Crippen molar-refractivity contribution in [2.24, 2.45) is 0 Å². The van der Waals surface area contributed by atoms with Crippen molar-refractivity contribution in [1.82, 2.24) is 4.98 Å². The predicted molar refractivity (Wildman–Crippen MR) is 44.0 cm³/mol. The molecule has 1 aromatic heterocycles. The van der Waals surface area contributed by atoms with E-state index in [1.54, 1.807) is 18.5 Å². The van der Waals surface area contributed by atoms with Crippen molar-refractivity contribution in [1.29, 1.82) is 0 Å². The van der Waals surface area contributed by atoms with Gasteiger partial charge in [-0.1, -0.05) is 12.1 Å². The average Bonchev–Trinajstić information content (AvgIpc) is 2.07. The SMILES string of the molecule is C=CCC(O)c1cccnc1. The minimum atomic E-state index is -0.457. The molecule has 1 aromatic rings. The summed E-state index contributed by atoms with van der Waals surface area (Å²) in [6.45, 7) is 3.55. The van der Waals surface area contributed by atoms with Crippen LogP contribution in [-0.2, 0) is 0 Å². The van der Waals surface area contributed by atoms with Crippen molar-refractivity contribution in [3.05, 3.63) is 42.7 Å². The Morgan fingerprint density at radius 3 is 3.09 bits per heavy atom. The van der Waals surface area contributed by atoms with Crippen LogP contribution in [0.25, 0.3) is 0 Å². The van der Waals surface area contributed by atoms with Gasteiger partial charge >= 0.3 is 0 Å². The number of aromatic nitrogens is 1. The first-order valence-electron chi connectivity index (χ1n) is 3.53. The molecular weight excluding hydrogens is 138 g/mol. The normalized spacial score (nSPS) is 12.5. The summed E-state index contributed by atoms with van der Waals surface area (Å²) in [6, 6.07) is 3.66. The predicted octanol–water partition coefficient (Wildman–Crippen LogP) is 1.69. The van der Waals surface area contributed by atoms with Gasteiger partial charge in [0.25, 0.3) is 0 Å². The fourth-order valence-corrected chi connectivity index (χ4v) is 0.867. The highest BCUT2D eigenvalue weighted by Gasteiger charge is 2.02. The molecule has 0 aliphatic heterocycles. The number of aliphatic hydroxyl groups excluding tert-OH is 1. The summed E-state index contributed by atoms with van der Waals surface area (Å²) in [4.78, 5) is 3.89. The lowest BCUT2D eigenvalue weighted by molar-refractivity contribution is 0.181. The quantitative estimate of drug-likeness (QED) is 0.663. The zero-order valence-electron chi connectivity index (χ0n) is 6.27. The number of hydrogen-bond donors (Lipinski definition) is 1. The average molecular weight is 149 g/mol. The number of hydrogen-bond acceptors (Lipinski definition) is 2. The number of rotatable bonds is 3. The topological polar surface area (TPSA) is 33.1 Å². The highest BCUT2D eigenvalue weighted by Crippen LogP contribution is 2.14. The second-order valence-corrected chi connectivity index (χ2v) is 2.33. The van der Waals surface area contributed by atoms with E-state index in [0.717, 1.165) is 5.56 Å². The third-order valence-corrected chi connectivity index (χ3v) is 1.46. The third-order valence-electron chi connectivity index (χ3n) is 1.46. The number of pyridine rings is 1. The highest BCUT2D eigenvalue weighted by atomic mass is 16.3. The Balaban J connectivity index is 2.68. The summed E-state index contributed by atoms with van der Waals surface area (Å²) in [6.07, 6.45) is 5.16. The monoisotopic (exact) mass is 149 g/mol. The lowest BCUT2D eigenvalue weighted by Gasteiger charge is -2.05. The second kappa shape index (κ2) is 3.88. The third kappa shape index (κ3) is 2.16. The van der Waals surface area contributed by atoms with Crippen LogP contribution in [0.15, 0.2) is 37.2 Å². The van der Waals surface area contributed by atoms with Gasteiger partial charge in [0, 0.05) is 12.4 Å². The van der Waals surface area contributed by atoms with E-state index >= 15 is 0 Å². The van der Waals surface area contributed by atoms with Gasteiger partial charge in [-0.3, -0.25) is 4.98 Å². The van der Waals surface area contributed by atoms with Crippen LogP contribution in [0.4, 0.5) is 0 Å². The van der Waals surface area contributed by atoms with E-state index in [-0.39, 0.29) is 0 Å². The molecule has 0 spiro atoms. The molecule has 0 radical (unpaired) electrons. The molecule has 11 heavy (non-hydrogen) atoms. The van der Waals surface area contributed by atoms with Crippen molar-refractivity contribution in [2.75, 3.05) is 0 Å². The molecule has 1 rings (SSSR count). The Kier molecular flexibility index (Phi) is 2.81. The van der Waals surface area contributed by atoms with Crippen LogP contribution >= 0.6 is 0 Å². The van der Waals surface area contributed by atoms with E-state index in [9.17, 15) is 5.11 Å². The fraction of sp³-hybridized carbons (Fsp3) is 0.222. The first-order chi connectivity index (χ1) is 5.34. The summed E-state index contributed by atoms with van der Waals surface area (Å²) in [5, 5.41) is 9.41. The molecule has 0 aliphatic rings. The molecule has 0 saturated carbocycles. The molecule has 1 N–H and O–H groups in total. The molecule has 2 heteroatoms. The molecule has 0 aromatic carbocycles. The first kappa shape index (κ1) is 7.95. The minimum absolute atomic E-state index is 0.457. The van der Waals surface area contributed by atoms with Crippen LogP contribution in [-0.4, -0.2) is 10.1 Å². The lowest BCUT2D eigenvalue weighted by Crippen LogP contribution is -1.95. The Bertz CT molecular complexity index is 220. The lowest BCUT2D eigenvalue weighted by atomic mass is 10.1. The summed E-state index contributed by atoms with van der Waals surface area (Å²) in [5.74, 6) is 0. The maximum absolute atomic E-state index is 9.41. The molecule has 1 atom stereocenters. The molecule has 0 saturated heterocycles. The van der Waals surface area contributed by atoms with Gasteiger partial charge in [0.15, 0.2) is 0 Å². The van der Waals surface area contributed by atoms with E-state index in [1.165, 1.54) is 0 Å². The van der Waals surface area contributed by atoms with E-state index in [2.05, 4.69) is 11.6 Å². The zero-order valence-corrected chi connectivity index (χ0v) is 6.27. The first-order valence-corrected chi connectivity index (χ1v) is 3.53. The van der Waals surface area contributed by atoms with Crippen LogP contribution in [0.2, 0.25) is 0 Å². The van der Waals surface area contributed by atoms with E-state index in [1.807, 2.05) is 12.1 Å². The van der Waals surface area contributed by atoms with Gasteiger partial charge < -0.3 is 5.11 Å². The summed E-state index contributed by atoms with van der Waals surface area (Å²) >= 11 is 0. The van der Waals surface area contributed by atoms with Crippen LogP contribution in [0, 0.1) is 0 Å². The van der Waals surface area contributed by atoms with E-state index in [0.29, 0.717) is 6.42 Å². The number of nitrogens with zero attached hydrogens (tertiary/aromatic N) is 1. The van der Waals surface area contributed by atoms with Gasteiger partial charge in [-0.25, -0.2) is 0 Å². The van der Waals surface area contributed by atoms with Crippen LogP contribution < -0.4 is 0 Å². The second-order valence-electron chi connectivity index (χ2n) is 2.33. The van der Waals surface area contributed by atoms with Gasteiger partial charge in [0.1, 0.15) is 0 Å². The van der Waals surface area contributed by atoms with Crippen molar-refractivity contribution >= 4 is 0 Å². The molecule has 1 heterocycles. The van der Waals surface area contributed by atoms with Gasteiger partial charge in [0.05, 0.1) is 6.10 Å². The summed E-state index contributed by atoms with van der Waals surface area (Å²) in [7, 11) is 0. The molecule has 58 valence electrons. The highest BCUT2D eigenvalue weighted by molar-refractivity contribution is 5.12. The Morgan fingerprint density at radius 1 is 1.73 bits per heavy atom. The fourth-order valence-electron chi connectivity index (χ4n) is 0.867. The van der Waals surface area contributed by atoms with Crippen LogP contribution in [0.3, 0.4) is 0 Å². The van der Waals surface area contributed by atoms with Crippen LogP contribution in [0.1, 0.15) is 18.1 Å². The van der Waals surface area contributed by atoms with Gasteiger partial charge in [0.2, 0.25) is 0 Å². The standard InChI is InChI=1S/C9H11NO/c1-2-4-9(11)8-5-3-6-10-7-8/h2-3,5-7,9,11H,1,4H2. The van der Waals surface area contributed by atoms with E-state index in [4.69, 9.17) is 0 Å². The van der Waals surface area contributed by atoms with Gasteiger partial charge in [-0.15, -0.1) is 6.58 Å². The molecule has 0 fully saturated rings. The van der Waals surface area contributed by atoms with E-state index < -0.39 is 6.10 Å². The van der Waals surface area contributed by atoms with Crippen molar-refractivity contribution in [3.63, 3.8) is 0 Å². The Hall–Kier alpha value is -1.15.